The molecule has 2 heterocycles. The van der Waals surface area contributed by atoms with Crippen LogP contribution < -0.4 is 0 Å². The van der Waals surface area contributed by atoms with E-state index in [0.29, 0.717) is 12.6 Å². The minimum atomic E-state index is -0.233. The smallest absolute Gasteiger partial charge is 0.0556 e. The van der Waals surface area contributed by atoms with Crippen molar-refractivity contribution in [2.24, 2.45) is 5.41 Å². The number of nitrogens with zero attached hydrogens (tertiary/aromatic N) is 1. The van der Waals surface area contributed by atoms with Crippen molar-refractivity contribution in [2.45, 2.75) is 51.2 Å². The van der Waals surface area contributed by atoms with Crippen molar-refractivity contribution in [2.75, 3.05) is 32.9 Å². The van der Waals surface area contributed by atoms with E-state index < -0.39 is 0 Å². The number of likely N-dealkylation sites (tertiary alicyclic amines) is 1. The van der Waals surface area contributed by atoms with Gasteiger partial charge in [0.05, 0.1) is 19.3 Å². The lowest BCUT2D eigenvalue weighted by Crippen LogP contribution is -2.47. The summed E-state index contributed by atoms with van der Waals surface area (Å²) in [4.78, 5) is 2.46. The van der Waals surface area contributed by atoms with Crippen LogP contribution in [0.4, 0.5) is 0 Å². The Bertz CT molecular complexity index is 251. The first-order valence-corrected chi connectivity index (χ1v) is 7.26. The van der Waals surface area contributed by atoms with Crippen molar-refractivity contribution < 1.29 is 14.9 Å². The lowest BCUT2D eigenvalue weighted by atomic mass is 9.82. The molecule has 3 atom stereocenters. The Morgan fingerprint density at radius 3 is 2.89 bits per heavy atom. The van der Waals surface area contributed by atoms with E-state index in [1.807, 2.05) is 6.92 Å². The topological polar surface area (TPSA) is 52.9 Å². The predicted octanol–water partition coefficient (Wildman–Crippen LogP) is 1.01. The van der Waals surface area contributed by atoms with E-state index in [2.05, 4.69) is 4.90 Å². The van der Waals surface area contributed by atoms with Crippen LogP contribution in [-0.2, 0) is 4.74 Å². The Kier molecular flexibility index (Phi) is 5.01. The molecule has 2 aliphatic rings. The number of rotatable bonds is 5. The molecule has 0 saturated carbocycles. The molecule has 4 nitrogen and oxygen atoms in total. The molecular weight excluding hydrogens is 230 g/mol. The minimum Gasteiger partial charge on any atom is -0.396 e. The molecule has 0 aromatic carbocycles. The molecule has 0 spiro atoms. The molecule has 4 heteroatoms. The van der Waals surface area contributed by atoms with Gasteiger partial charge < -0.3 is 14.9 Å². The zero-order chi connectivity index (χ0) is 13.0. The highest BCUT2D eigenvalue weighted by atomic mass is 16.5. The Balaban J connectivity index is 1.93. The van der Waals surface area contributed by atoms with E-state index in [-0.39, 0.29) is 18.1 Å². The van der Waals surface area contributed by atoms with Crippen LogP contribution in [0.3, 0.4) is 0 Å². The number of aliphatic hydroxyl groups excluding tert-OH is 2. The maximum Gasteiger partial charge on any atom is 0.0556 e. The molecule has 0 amide bonds. The molecule has 18 heavy (non-hydrogen) atoms. The molecule has 2 N–H and O–H groups in total. The molecule has 0 aromatic rings. The quantitative estimate of drug-likeness (QED) is 0.772. The van der Waals surface area contributed by atoms with Crippen LogP contribution in [-0.4, -0.2) is 60.2 Å². The summed E-state index contributed by atoms with van der Waals surface area (Å²) in [5.41, 5.74) is -0.0699. The normalized spacial score (nSPS) is 35.8. The maximum atomic E-state index is 9.71. The van der Waals surface area contributed by atoms with E-state index in [1.165, 1.54) is 12.8 Å². The van der Waals surface area contributed by atoms with E-state index in [0.717, 1.165) is 39.0 Å². The van der Waals surface area contributed by atoms with Crippen LogP contribution in [0, 0.1) is 5.41 Å². The Morgan fingerprint density at radius 1 is 1.44 bits per heavy atom. The van der Waals surface area contributed by atoms with Gasteiger partial charge in [0.25, 0.3) is 0 Å². The van der Waals surface area contributed by atoms with Gasteiger partial charge in [-0.1, -0.05) is 0 Å². The zero-order valence-electron chi connectivity index (χ0n) is 11.5. The highest BCUT2D eigenvalue weighted by Gasteiger charge is 2.37. The monoisotopic (exact) mass is 257 g/mol. The van der Waals surface area contributed by atoms with Crippen LogP contribution in [0.1, 0.15) is 39.0 Å². The molecule has 3 unspecified atom stereocenters. The highest BCUT2D eigenvalue weighted by molar-refractivity contribution is 4.89. The molecule has 2 rings (SSSR count). The van der Waals surface area contributed by atoms with Gasteiger partial charge in [0, 0.05) is 24.6 Å². The van der Waals surface area contributed by atoms with Gasteiger partial charge in [-0.05, 0) is 45.6 Å². The summed E-state index contributed by atoms with van der Waals surface area (Å²) in [6.07, 6.45) is 5.11. The highest BCUT2D eigenvalue weighted by Crippen LogP contribution is 2.32. The molecule has 0 aliphatic carbocycles. The lowest BCUT2D eigenvalue weighted by Gasteiger charge is -2.40. The summed E-state index contributed by atoms with van der Waals surface area (Å²) in [5.74, 6) is 0. The van der Waals surface area contributed by atoms with Gasteiger partial charge in [-0.3, -0.25) is 4.90 Å². The summed E-state index contributed by atoms with van der Waals surface area (Å²) in [6, 6.07) is 0.482. The van der Waals surface area contributed by atoms with E-state index >= 15 is 0 Å². The number of aliphatic hydroxyl groups is 2. The number of hydrogen-bond acceptors (Lipinski definition) is 4. The molecule has 0 radical (unpaired) electrons. The zero-order valence-corrected chi connectivity index (χ0v) is 11.5. The van der Waals surface area contributed by atoms with Gasteiger partial charge in [0.1, 0.15) is 0 Å². The summed E-state index contributed by atoms with van der Waals surface area (Å²) in [7, 11) is 0. The summed E-state index contributed by atoms with van der Waals surface area (Å²) < 4.78 is 5.57. The minimum absolute atomic E-state index is 0.0699. The van der Waals surface area contributed by atoms with E-state index in [4.69, 9.17) is 4.74 Å². The first-order chi connectivity index (χ1) is 8.65. The average molecular weight is 257 g/mol. The SMILES string of the molecule is CC(O)CC1CCCN1CC1(CO)CCCOC1. The van der Waals surface area contributed by atoms with Crippen LogP contribution in [0.2, 0.25) is 0 Å². The average Bonchev–Trinajstić information content (AvgIpc) is 2.77. The van der Waals surface area contributed by atoms with Crippen LogP contribution in [0.25, 0.3) is 0 Å². The lowest BCUT2D eigenvalue weighted by molar-refractivity contribution is -0.0585. The summed E-state index contributed by atoms with van der Waals surface area (Å²) >= 11 is 0. The van der Waals surface area contributed by atoms with Gasteiger partial charge in [-0.2, -0.15) is 0 Å². The fraction of sp³-hybridized carbons (Fsp3) is 1.00. The van der Waals surface area contributed by atoms with Gasteiger partial charge in [0.15, 0.2) is 0 Å². The van der Waals surface area contributed by atoms with Crippen molar-refractivity contribution >= 4 is 0 Å². The van der Waals surface area contributed by atoms with E-state index in [9.17, 15) is 10.2 Å². The summed E-state index contributed by atoms with van der Waals surface area (Å²) in [6.45, 7) is 5.60. The third kappa shape index (κ3) is 3.44. The largest absolute Gasteiger partial charge is 0.396 e. The second-order valence-electron chi connectivity index (χ2n) is 6.17. The van der Waals surface area contributed by atoms with Crippen molar-refractivity contribution in [1.82, 2.24) is 4.90 Å². The van der Waals surface area contributed by atoms with Crippen LogP contribution in [0.15, 0.2) is 0 Å². The van der Waals surface area contributed by atoms with Crippen LogP contribution >= 0.6 is 0 Å². The fourth-order valence-corrected chi connectivity index (χ4v) is 3.40. The number of hydrogen-bond donors (Lipinski definition) is 2. The molecule has 106 valence electrons. The molecular formula is C14H27NO3. The fourth-order valence-electron chi connectivity index (χ4n) is 3.40. The maximum absolute atomic E-state index is 9.71. The predicted molar refractivity (Wildman–Crippen MR) is 70.5 cm³/mol. The van der Waals surface area contributed by atoms with Crippen molar-refractivity contribution in [1.29, 1.82) is 0 Å². The molecule has 2 saturated heterocycles. The second-order valence-corrected chi connectivity index (χ2v) is 6.17. The first-order valence-electron chi connectivity index (χ1n) is 7.26. The summed E-state index contributed by atoms with van der Waals surface area (Å²) in [5, 5.41) is 19.3. The van der Waals surface area contributed by atoms with Gasteiger partial charge >= 0.3 is 0 Å². The molecule has 0 aromatic heterocycles. The van der Waals surface area contributed by atoms with Crippen molar-refractivity contribution in [3.05, 3.63) is 0 Å². The van der Waals surface area contributed by atoms with E-state index in [1.54, 1.807) is 0 Å². The van der Waals surface area contributed by atoms with Gasteiger partial charge in [0.2, 0.25) is 0 Å². The molecule has 0 bridgehead atoms. The first kappa shape index (κ1) is 14.3. The Hall–Kier alpha value is -0.160. The third-order valence-corrected chi connectivity index (χ3v) is 4.39. The molecule has 2 fully saturated rings. The second kappa shape index (κ2) is 6.33. The Morgan fingerprint density at radius 2 is 2.28 bits per heavy atom. The third-order valence-electron chi connectivity index (χ3n) is 4.39. The standard InChI is InChI=1S/C14H27NO3/c1-12(17)8-13-4-2-6-15(13)9-14(10-16)5-3-7-18-11-14/h12-13,16-17H,2-11H2,1H3. The van der Waals surface area contributed by atoms with Crippen molar-refractivity contribution in [3.8, 4) is 0 Å². The Labute approximate surface area is 110 Å². The molecule has 2 aliphatic heterocycles. The van der Waals surface area contributed by atoms with Crippen LogP contribution in [0.5, 0.6) is 0 Å². The number of ether oxygens (including phenoxy) is 1. The van der Waals surface area contributed by atoms with Crippen molar-refractivity contribution in [3.63, 3.8) is 0 Å². The van der Waals surface area contributed by atoms with Gasteiger partial charge in [-0.15, -0.1) is 0 Å². The van der Waals surface area contributed by atoms with Gasteiger partial charge in [-0.25, -0.2) is 0 Å².